The maximum atomic E-state index is 13.6. The molecule has 0 fully saturated rings. The third-order valence-electron chi connectivity index (χ3n) is 2.33. The first kappa shape index (κ1) is 15.8. The van der Waals surface area contributed by atoms with E-state index < -0.39 is 23.3 Å². The second-order valence-electron chi connectivity index (χ2n) is 3.90. The van der Waals surface area contributed by atoms with Crippen LogP contribution in [-0.4, -0.2) is 38.3 Å². The number of hydrogen-bond donors (Lipinski definition) is 1. The van der Waals surface area contributed by atoms with Crippen molar-refractivity contribution in [2.75, 3.05) is 26.3 Å². The van der Waals surface area contributed by atoms with Gasteiger partial charge in [-0.3, -0.25) is 10.2 Å². The SMILES string of the molecule is COCC(=O)/C(=N\Nc1ccc(C)cc1F)C(=O)OC. The molecule has 0 radical (unpaired) electrons. The first-order chi connectivity index (χ1) is 9.49. The zero-order valence-electron chi connectivity index (χ0n) is 11.4. The van der Waals surface area contributed by atoms with E-state index in [1.807, 2.05) is 0 Å². The Balaban J connectivity index is 2.96. The van der Waals surface area contributed by atoms with E-state index in [2.05, 4.69) is 20.0 Å². The highest BCUT2D eigenvalue weighted by Gasteiger charge is 2.21. The molecule has 108 valence electrons. The van der Waals surface area contributed by atoms with Crippen molar-refractivity contribution in [3.05, 3.63) is 29.6 Å². The van der Waals surface area contributed by atoms with Crippen LogP contribution in [0.25, 0.3) is 0 Å². The summed E-state index contributed by atoms with van der Waals surface area (Å²) in [4.78, 5) is 23.0. The first-order valence-corrected chi connectivity index (χ1v) is 5.70. The molecule has 1 N–H and O–H groups in total. The Hall–Kier alpha value is -2.28. The third kappa shape index (κ3) is 4.13. The Morgan fingerprint density at radius 1 is 1.35 bits per heavy atom. The van der Waals surface area contributed by atoms with E-state index in [0.29, 0.717) is 0 Å². The predicted molar refractivity (Wildman–Crippen MR) is 71.1 cm³/mol. The van der Waals surface area contributed by atoms with Gasteiger partial charge in [0.15, 0.2) is 0 Å². The summed E-state index contributed by atoms with van der Waals surface area (Å²) in [5.41, 5.74) is 2.62. The minimum Gasteiger partial charge on any atom is -0.464 e. The Morgan fingerprint density at radius 2 is 2.05 bits per heavy atom. The summed E-state index contributed by atoms with van der Waals surface area (Å²) < 4.78 is 22.6. The van der Waals surface area contributed by atoms with Gasteiger partial charge >= 0.3 is 5.97 Å². The molecule has 0 aromatic heterocycles. The van der Waals surface area contributed by atoms with E-state index in [9.17, 15) is 14.0 Å². The van der Waals surface area contributed by atoms with Crippen molar-refractivity contribution in [1.82, 2.24) is 0 Å². The van der Waals surface area contributed by atoms with Crippen molar-refractivity contribution >= 4 is 23.2 Å². The number of aryl methyl sites for hydroxylation is 1. The van der Waals surface area contributed by atoms with Crippen molar-refractivity contribution in [2.45, 2.75) is 6.92 Å². The molecule has 1 aromatic rings. The zero-order chi connectivity index (χ0) is 15.1. The number of ketones is 1. The summed E-state index contributed by atoms with van der Waals surface area (Å²) in [7, 11) is 2.42. The van der Waals surface area contributed by atoms with Crippen LogP contribution in [-0.2, 0) is 19.1 Å². The molecule has 0 bridgehead atoms. The molecule has 0 aliphatic rings. The molecule has 7 heteroatoms. The van der Waals surface area contributed by atoms with Crippen molar-refractivity contribution < 1.29 is 23.5 Å². The lowest BCUT2D eigenvalue weighted by molar-refractivity contribution is -0.133. The van der Waals surface area contributed by atoms with Gasteiger partial charge in [-0.1, -0.05) is 6.07 Å². The van der Waals surface area contributed by atoms with Crippen LogP contribution in [0.2, 0.25) is 0 Å². The van der Waals surface area contributed by atoms with Gasteiger partial charge in [-0.15, -0.1) is 0 Å². The third-order valence-corrected chi connectivity index (χ3v) is 2.33. The number of Topliss-reactive ketones (excluding diaryl/α,β-unsaturated/α-hetero) is 1. The van der Waals surface area contributed by atoms with Gasteiger partial charge in [0.05, 0.1) is 12.8 Å². The van der Waals surface area contributed by atoms with Crippen LogP contribution >= 0.6 is 0 Å². The van der Waals surface area contributed by atoms with Crippen molar-refractivity contribution in [3.8, 4) is 0 Å². The summed E-state index contributed by atoms with van der Waals surface area (Å²) >= 11 is 0. The lowest BCUT2D eigenvalue weighted by Gasteiger charge is -2.06. The maximum absolute atomic E-state index is 13.6. The largest absolute Gasteiger partial charge is 0.464 e. The van der Waals surface area contributed by atoms with E-state index in [1.165, 1.54) is 19.2 Å². The molecule has 6 nitrogen and oxygen atoms in total. The van der Waals surface area contributed by atoms with Crippen molar-refractivity contribution in [1.29, 1.82) is 0 Å². The predicted octanol–water partition coefficient (Wildman–Crippen LogP) is 1.29. The molecule has 0 atom stereocenters. The standard InChI is InChI=1S/C13H15FN2O4/c1-8-4-5-10(9(14)6-8)15-16-12(13(18)20-3)11(17)7-19-2/h4-6,15H,7H2,1-3H3/b16-12+. The van der Waals surface area contributed by atoms with Gasteiger partial charge in [0.1, 0.15) is 12.4 Å². The fourth-order valence-corrected chi connectivity index (χ4v) is 1.34. The molecule has 0 spiro atoms. The van der Waals surface area contributed by atoms with Gasteiger partial charge < -0.3 is 9.47 Å². The lowest BCUT2D eigenvalue weighted by Crippen LogP contribution is -2.29. The number of rotatable bonds is 6. The zero-order valence-corrected chi connectivity index (χ0v) is 11.4. The van der Waals surface area contributed by atoms with Gasteiger partial charge in [-0.2, -0.15) is 5.10 Å². The highest BCUT2D eigenvalue weighted by Crippen LogP contribution is 2.15. The van der Waals surface area contributed by atoms with E-state index in [1.54, 1.807) is 13.0 Å². The van der Waals surface area contributed by atoms with E-state index in [-0.39, 0.29) is 12.3 Å². The highest BCUT2D eigenvalue weighted by molar-refractivity contribution is 6.64. The number of carbonyl (C=O) groups is 2. The molecule has 0 aliphatic carbocycles. The van der Waals surface area contributed by atoms with Crippen LogP contribution in [0.15, 0.2) is 23.3 Å². The average molecular weight is 282 g/mol. The fourth-order valence-electron chi connectivity index (χ4n) is 1.34. The Morgan fingerprint density at radius 3 is 2.60 bits per heavy atom. The number of methoxy groups -OCH3 is 2. The van der Waals surface area contributed by atoms with Gasteiger partial charge in [0.2, 0.25) is 11.5 Å². The number of esters is 1. The number of carbonyl (C=O) groups excluding carboxylic acids is 2. The molecular formula is C13H15FN2O4. The summed E-state index contributed by atoms with van der Waals surface area (Å²) in [6.07, 6.45) is 0. The molecular weight excluding hydrogens is 267 g/mol. The molecule has 1 aromatic carbocycles. The number of halogens is 1. The summed E-state index contributed by atoms with van der Waals surface area (Å²) in [6, 6.07) is 4.41. The molecule has 20 heavy (non-hydrogen) atoms. The molecule has 0 unspecified atom stereocenters. The topological polar surface area (TPSA) is 77.0 Å². The van der Waals surface area contributed by atoms with E-state index in [0.717, 1.165) is 12.7 Å². The smallest absolute Gasteiger partial charge is 0.362 e. The number of nitrogens with zero attached hydrogens (tertiary/aromatic N) is 1. The molecule has 0 saturated carbocycles. The van der Waals surface area contributed by atoms with Crippen LogP contribution in [0.5, 0.6) is 0 Å². The Bertz CT molecular complexity index is 543. The summed E-state index contributed by atoms with van der Waals surface area (Å²) in [6.45, 7) is 1.41. The van der Waals surface area contributed by atoms with E-state index >= 15 is 0 Å². The Labute approximate surface area is 115 Å². The van der Waals surface area contributed by atoms with Crippen molar-refractivity contribution in [3.63, 3.8) is 0 Å². The highest BCUT2D eigenvalue weighted by atomic mass is 19.1. The number of benzene rings is 1. The lowest BCUT2D eigenvalue weighted by atomic mass is 10.2. The summed E-state index contributed by atoms with van der Waals surface area (Å²) in [5.74, 6) is -2.14. The van der Waals surface area contributed by atoms with Crippen LogP contribution in [0.4, 0.5) is 10.1 Å². The average Bonchev–Trinajstić information content (AvgIpc) is 2.41. The van der Waals surface area contributed by atoms with Crippen LogP contribution < -0.4 is 5.43 Å². The Kier molecular flexibility index (Phi) is 5.79. The number of hydrogen-bond acceptors (Lipinski definition) is 6. The van der Waals surface area contributed by atoms with Gasteiger partial charge in [-0.05, 0) is 24.6 Å². The number of hydrazone groups is 1. The van der Waals surface area contributed by atoms with Crippen LogP contribution in [0.1, 0.15) is 5.56 Å². The monoisotopic (exact) mass is 282 g/mol. The fraction of sp³-hybridized carbons (Fsp3) is 0.308. The van der Waals surface area contributed by atoms with Crippen molar-refractivity contribution in [2.24, 2.45) is 5.10 Å². The molecule has 0 heterocycles. The van der Waals surface area contributed by atoms with E-state index in [4.69, 9.17) is 0 Å². The van der Waals surface area contributed by atoms with Crippen LogP contribution in [0, 0.1) is 12.7 Å². The van der Waals surface area contributed by atoms with Crippen LogP contribution in [0.3, 0.4) is 0 Å². The van der Waals surface area contributed by atoms with Gasteiger partial charge in [0, 0.05) is 7.11 Å². The number of anilines is 1. The minimum atomic E-state index is -0.924. The second-order valence-corrected chi connectivity index (χ2v) is 3.90. The second kappa shape index (κ2) is 7.34. The van der Waals surface area contributed by atoms with Gasteiger partial charge in [0.25, 0.3) is 0 Å². The molecule has 0 amide bonds. The normalized spacial score (nSPS) is 11.1. The minimum absolute atomic E-state index is 0.0437. The molecule has 0 aliphatic heterocycles. The molecule has 0 saturated heterocycles. The quantitative estimate of drug-likeness (QED) is 0.368. The maximum Gasteiger partial charge on any atom is 0.362 e. The molecule has 1 rings (SSSR count). The first-order valence-electron chi connectivity index (χ1n) is 5.70. The summed E-state index contributed by atoms with van der Waals surface area (Å²) in [5, 5.41) is 3.60. The number of ether oxygens (including phenoxy) is 2. The van der Waals surface area contributed by atoms with Gasteiger partial charge in [-0.25, -0.2) is 9.18 Å². The number of nitrogens with one attached hydrogen (secondary N) is 1.